The first-order valence-electron chi connectivity index (χ1n) is 6.84. The molecule has 20 heavy (non-hydrogen) atoms. The molecule has 1 aliphatic rings. The van der Waals surface area contributed by atoms with Crippen molar-refractivity contribution in [2.24, 2.45) is 11.3 Å². The topological polar surface area (TPSA) is 24.1 Å². The number of anilines is 2. The smallest absolute Gasteiger partial charge is 0.383 e. The van der Waals surface area contributed by atoms with Gasteiger partial charge in [-0.15, -0.1) is 0 Å². The molecule has 1 aromatic carbocycles. The van der Waals surface area contributed by atoms with E-state index in [9.17, 15) is 13.2 Å². The molecule has 0 saturated heterocycles. The van der Waals surface area contributed by atoms with Gasteiger partial charge in [0.15, 0.2) is 0 Å². The fourth-order valence-corrected chi connectivity index (χ4v) is 2.61. The molecule has 0 spiro atoms. The van der Waals surface area contributed by atoms with E-state index in [1.54, 1.807) is 0 Å². The Morgan fingerprint density at radius 2 is 1.65 bits per heavy atom. The number of nitrogens with one attached hydrogen (secondary N) is 2. The van der Waals surface area contributed by atoms with Gasteiger partial charge in [0.1, 0.15) is 0 Å². The summed E-state index contributed by atoms with van der Waals surface area (Å²) in [4.78, 5) is 0. The third-order valence-electron chi connectivity index (χ3n) is 3.41. The van der Waals surface area contributed by atoms with Gasteiger partial charge in [-0.25, -0.2) is 0 Å². The van der Waals surface area contributed by atoms with Gasteiger partial charge in [-0.2, -0.15) is 13.2 Å². The Balaban J connectivity index is 2.13. The van der Waals surface area contributed by atoms with Crippen LogP contribution in [0.15, 0.2) is 18.2 Å². The van der Waals surface area contributed by atoms with Gasteiger partial charge in [0.2, 0.25) is 0 Å². The van der Waals surface area contributed by atoms with Crippen molar-refractivity contribution in [3.63, 3.8) is 0 Å². The van der Waals surface area contributed by atoms with E-state index in [1.807, 2.05) is 0 Å². The molecule has 0 fully saturated rings. The van der Waals surface area contributed by atoms with E-state index >= 15 is 0 Å². The van der Waals surface area contributed by atoms with E-state index in [2.05, 4.69) is 31.4 Å². The van der Waals surface area contributed by atoms with Gasteiger partial charge >= 0.3 is 6.18 Å². The summed E-state index contributed by atoms with van der Waals surface area (Å²) in [6.07, 6.45) is -3.28. The lowest BCUT2D eigenvalue weighted by Gasteiger charge is -2.25. The maximum Gasteiger partial charge on any atom is 0.416 e. The van der Waals surface area contributed by atoms with Crippen molar-refractivity contribution in [1.82, 2.24) is 0 Å². The first kappa shape index (κ1) is 15.0. The van der Waals surface area contributed by atoms with E-state index in [4.69, 9.17) is 0 Å². The molecular weight excluding hydrogens is 265 g/mol. The number of rotatable bonds is 1. The number of halogens is 3. The van der Waals surface area contributed by atoms with Gasteiger partial charge in [-0.05, 0) is 36.0 Å². The quantitative estimate of drug-likeness (QED) is 0.788. The van der Waals surface area contributed by atoms with Gasteiger partial charge in [-0.3, -0.25) is 0 Å². The fraction of sp³-hybridized carbons (Fsp3) is 0.600. The van der Waals surface area contributed by atoms with Gasteiger partial charge in [-0.1, -0.05) is 20.8 Å². The van der Waals surface area contributed by atoms with Crippen LogP contribution in [0.2, 0.25) is 0 Å². The Labute approximate surface area is 117 Å². The normalized spacial score (nSPS) is 19.6. The summed E-state index contributed by atoms with van der Waals surface area (Å²) in [5, 5.41) is 6.39. The van der Waals surface area contributed by atoms with Crippen LogP contribution in [0.5, 0.6) is 0 Å². The standard InChI is InChI=1S/C15H21F3N2/c1-14(2,3)7-10-8-19-12-5-4-11(15(16,17)18)6-13(12)20-9-10/h4-6,10,19-20H,7-9H2,1-3H3. The lowest BCUT2D eigenvalue weighted by Crippen LogP contribution is -2.24. The van der Waals surface area contributed by atoms with Crippen LogP contribution >= 0.6 is 0 Å². The molecule has 2 N–H and O–H groups in total. The van der Waals surface area contributed by atoms with Crippen molar-refractivity contribution in [3.05, 3.63) is 23.8 Å². The summed E-state index contributed by atoms with van der Waals surface area (Å²) in [6, 6.07) is 3.81. The van der Waals surface area contributed by atoms with E-state index in [0.717, 1.165) is 24.7 Å². The van der Waals surface area contributed by atoms with Crippen LogP contribution in [0.3, 0.4) is 0 Å². The molecule has 0 amide bonds. The third-order valence-corrected chi connectivity index (χ3v) is 3.41. The van der Waals surface area contributed by atoms with Crippen molar-refractivity contribution in [3.8, 4) is 0 Å². The SMILES string of the molecule is CC(C)(C)CC1CNc2ccc(C(F)(F)F)cc2NC1. The molecule has 1 atom stereocenters. The van der Waals surface area contributed by atoms with E-state index in [-0.39, 0.29) is 5.41 Å². The Morgan fingerprint density at radius 1 is 1.05 bits per heavy atom. The van der Waals surface area contributed by atoms with Crippen molar-refractivity contribution in [2.75, 3.05) is 23.7 Å². The Bertz CT molecular complexity index is 475. The number of alkyl halides is 3. The highest BCUT2D eigenvalue weighted by atomic mass is 19.4. The number of fused-ring (bicyclic) bond motifs is 1. The summed E-state index contributed by atoms with van der Waals surface area (Å²) in [7, 11) is 0. The second-order valence-corrected chi connectivity index (χ2v) is 6.65. The molecule has 0 saturated carbocycles. The van der Waals surface area contributed by atoms with Crippen molar-refractivity contribution in [2.45, 2.75) is 33.4 Å². The maximum atomic E-state index is 12.7. The molecule has 0 aliphatic carbocycles. The van der Waals surface area contributed by atoms with Gasteiger partial charge in [0, 0.05) is 13.1 Å². The summed E-state index contributed by atoms with van der Waals surface area (Å²) in [5.74, 6) is 0.400. The highest BCUT2D eigenvalue weighted by Gasteiger charge is 2.31. The first-order chi connectivity index (χ1) is 9.15. The first-order valence-corrected chi connectivity index (χ1v) is 6.84. The monoisotopic (exact) mass is 286 g/mol. The van der Waals surface area contributed by atoms with Crippen molar-refractivity contribution < 1.29 is 13.2 Å². The summed E-state index contributed by atoms with van der Waals surface area (Å²) >= 11 is 0. The van der Waals surface area contributed by atoms with Gasteiger partial charge in [0.25, 0.3) is 0 Å². The zero-order chi connectivity index (χ0) is 15.0. The minimum Gasteiger partial charge on any atom is -0.383 e. The minimum atomic E-state index is -4.30. The molecule has 5 heteroatoms. The molecule has 0 bridgehead atoms. The Kier molecular flexibility index (Phi) is 3.89. The second-order valence-electron chi connectivity index (χ2n) is 6.65. The molecule has 1 heterocycles. The molecule has 1 unspecified atom stereocenters. The van der Waals surface area contributed by atoms with E-state index in [0.29, 0.717) is 18.2 Å². The fourth-order valence-electron chi connectivity index (χ4n) is 2.61. The predicted octanol–water partition coefficient (Wildman–Crippen LogP) is 4.60. The van der Waals surface area contributed by atoms with Crippen molar-refractivity contribution in [1.29, 1.82) is 0 Å². The average molecular weight is 286 g/mol. The van der Waals surface area contributed by atoms with Crippen LogP contribution in [0.1, 0.15) is 32.8 Å². The van der Waals surface area contributed by atoms with Crippen LogP contribution in [-0.4, -0.2) is 13.1 Å². The molecular formula is C15H21F3N2. The van der Waals surface area contributed by atoms with Crippen LogP contribution in [0.25, 0.3) is 0 Å². The molecule has 2 nitrogen and oxygen atoms in total. The number of hydrogen-bond donors (Lipinski definition) is 2. The summed E-state index contributed by atoms with van der Waals surface area (Å²) < 4.78 is 38.1. The minimum absolute atomic E-state index is 0.210. The summed E-state index contributed by atoms with van der Waals surface area (Å²) in [6.45, 7) is 7.99. The Morgan fingerprint density at radius 3 is 2.20 bits per heavy atom. The lowest BCUT2D eigenvalue weighted by atomic mass is 9.84. The zero-order valence-electron chi connectivity index (χ0n) is 12.1. The molecule has 112 valence electrons. The number of hydrogen-bond acceptors (Lipinski definition) is 2. The molecule has 2 rings (SSSR count). The highest BCUT2D eigenvalue weighted by Crippen LogP contribution is 2.35. The van der Waals surface area contributed by atoms with Gasteiger partial charge < -0.3 is 10.6 Å². The third kappa shape index (κ3) is 3.81. The van der Waals surface area contributed by atoms with Crippen molar-refractivity contribution >= 4 is 11.4 Å². The molecule has 0 radical (unpaired) electrons. The highest BCUT2D eigenvalue weighted by molar-refractivity contribution is 5.70. The molecule has 1 aromatic rings. The van der Waals surface area contributed by atoms with Crippen LogP contribution in [-0.2, 0) is 6.18 Å². The zero-order valence-corrected chi connectivity index (χ0v) is 12.1. The lowest BCUT2D eigenvalue weighted by molar-refractivity contribution is -0.137. The van der Waals surface area contributed by atoms with Crippen LogP contribution < -0.4 is 10.6 Å². The van der Waals surface area contributed by atoms with Gasteiger partial charge in [0.05, 0.1) is 16.9 Å². The molecule has 1 aliphatic heterocycles. The number of benzene rings is 1. The largest absolute Gasteiger partial charge is 0.416 e. The Hall–Kier alpha value is -1.39. The molecule has 0 aromatic heterocycles. The van der Waals surface area contributed by atoms with E-state index < -0.39 is 11.7 Å². The van der Waals surface area contributed by atoms with E-state index in [1.165, 1.54) is 12.1 Å². The second kappa shape index (κ2) is 5.19. The summed E-state index contributed by atoms with van der Waals surface area (Å²) in [5.41, 5.74) is 0.882. The maximum absolute atomic E-state index is 12.7. The van der Waals surface area contributed by atoms with Crippen LogP contribution in [0, 0.1) is 11.3 Å². The van der Waals surface area contributed by atoms with Crippen LogP contribution in [0.4, 0.5) is 24.5 Å². The predicted molar refractivity (Wildman–Crippen MR) is 76.0 cm³/mol. The average Bonchev–Trinajstić information content (AvgIpc) is 2.48.